The second-order valence-corrected chi connectivity index (χ2v) is 7.04. The van der Waals surface area contributed by atoms with Gasteiger partial charge in [-0.15, -0.1) is 0 Å². The van der Waals surface area contributed by atoms with Crippen molar-refractivity contribution in [2.45, 2.75) is 38.8 Å². The van der Waals surface area contributed by atoms with Gasteiger partial charge in [0.05, 0.1) is 5.69 Å². The average Bonchev–Trinajstić information content (AvgIpc) is 2.97. The van der Waals surface area contributed by atoms with Crippen molar-refractivity contribution in [2.24, 2.45) is 0 Å². The maximum Gasteiger partial charge on any atom is 0.254 e. The van der Waals surface area contributed by atoms with E-state index in [9.17, 15) is 0 Å². The number of aryl methyl sites for hydroxylation is 1. The second-order valence-electron chi connectivity index (χ2n) is 7.04. The third kappa shape index (κ3) is 3.53. The zero-order chi connectivity index (χ0) is 17.9. The van der Waals surface area contributed by atoms with E-state index in [2.05, 4.69) is 55.1 Å². The van der Waals surface area contributed by atoms with Crippen molar-refractivity contribution < 1.29 is 0 Å². The first kappa shape index (κ1) is 16.9. The van der Waals surface area contributed by atoms with Gasteiger partial charge in [-0.3, -0.25) is 9.88 Å². The topological polar surface area (TPSA) is 62.5 Å². The second kappa shape index (κ2) is 7.37. The van der Waals surface area contributed by atoms with E-state index in [0.717, 1.165) is 49.7 Å². The minimum atomic E-state index is 0.566. The van der Waals surface area contributed by atoms with Gasteiger partial charge in [0.1, 0.15) is 12.1 Å². The van der Waals surface area contributed by atoms with E-state index in [1.807, 2.05) is 23.7 Å². The Morgan fingerprint density at radius 3 is 2.96 bits per heavy atom. The van der Waals surface area contributed by atoms with Gasteiger partial charge in [0, 0.05) is 43.6 Å². The van der Waals surface area contributed by atoms with Crippen LogP contribution in [0.3, 0.4) is 0 Å². The number of fused-ring (bicyclic) bond motifs is 1. The fraction of sp³-hybridized carbons (Fsp3) is 0.474. The number of nitrogens with zero attached hydrogens (tertiary/aromatic N) is 7. The minimum Gasteiger partial charge on any atom is -0.356 e. The summed E-state index contributed by atoms with van der Waals surface area (Å²) in [6.07, 6.45) is 6.93. The molecule has 0 bridgehead atoms. The third-order valence-electron chi connectivity index (χ3n) is 5.14. The summed E-state index contributed by atoms with van der Waals surface area (Å²) in [6.45, 7) is 4.95. The molecule has 0 aromatic carbocycles. The van der Waals surface area contributed by atoms with Crippen LogP contribution in [-0.2, 0) is 6.54 Å². The average molecular weight is 351 g/mol. The monoisotopic (exact) mass is 351 g/mol. The number of aromatic nitrogens is 5. The lowest BCUT2D eigenvalue weighted by atomic mass is 10.1. The van der Waals surface area contributed by atoms with E-state index < -0.39 is 0 Å². The molecule has 7 nitrogen and oxygen atoms in total. The molecular formula is C19H25N7. The maximum atomic E-state index is 4.46. The predicted octanol–water partition coefficient (Wildman–Crippen LogP) is 2.32. The van der Waals surface area contributed by atoms with Crippen LogP contribution in [0.15, 0.2) is 36.8 Å². The van der Waals surface area contributed by atoms with Gasteiger partial charge >= 0.3 is 0 Å². The molecule has 0 N–H and O–H groups in total. The summed E-state index contributed by atoms with van der Waals surface area (Å²) < 4.78 is 1.85. The summed E-state index contributed by atoms with van der Waals surface area (Å²) in [7, 11) is 2.21. The molecule has 0 amide bonds. The van der Waals surface area contributed by atoms with Crippen molar-refractivity contribution in [1.29, 1.82) is 0 Å². The standard InChI is InChI=1S/C19H25N7/c1-15-12-18(26-19(23-15)21-14-22-26)25-10-5-7-17(8-11-25)24(2)13-16-6-3-4-9-20-16/h3-4,6,9,12,14,17H,5,7-8,10-11,13H2,1-2H3. The van der Waals surface area contributed by atoms with Gasteiger partial charge in [0.2, 0.25) is 0 Å². The van der Waals surface area contributed by atoms with E-state index in [1.54, 1.807) is 6.33 Å². The van der Waals surface area contributed by atoms with Crippen LogP contribution in [0.25, 0.3) is 5.78 Å². The molecule has 136 valence electrons. The molecule has 0 saturated carbocycles. The van der Waals surface area contributed by atoms with Crippen LogP contribution >= 0.6 is 0 Å². The van der Waals surface area contributed by atoms with Crippen molar-refractivity contribution in [3.05, 3.63) is 48.2 Å². The van der Waals surface area contributed by atoms with Gasteiger partial charge in [0.15, 0.2) is 0 Å². The van der Waals surface area contributed by atoms with Crippen LogP contribution in [0.2, 0.25) is 0 Å². The van der Waals surface area contributed by atoms with E-state index in [0.29, 0.717) is 11.8 Å². The van der Waals surface area contributed by atoms with E-state index in [4.69, 9.17) is 0 Å². The van der Waals surface area contributed by atoms with Crippen LogP contribution < -0.4 is 4.90 Å². The zero-order valence-corrected chi connectivity index (χ0v) is 15.4. The Kier molecular flexibility index (Phi) is 4.79. The Morgan fingerprint density at radius 1 is 1.19 bits per heavy atom. The number of pyridine rings is 1. The largest absolute Gasteiger partial charge is 0.356 e. The molecule has 1 unspecified atom stereocenters. The lowest BCUT2D eigenvalue weighted by Gasteiger charge is -2.27. The molecule has 1 fully saturated rings. The number of hydrogen-bond donors (Lipinski definition) is 0. The number of hydrogen-bond acceptors (Lipinski definition) is 6. The predicted molar refractivity (Wildman–Crippen MR) is 101 cm³/mol. The first-order valence-electron chi connectivity index (χ1n) is 9.23. The Balaban J connectivity index is 1.47. The molecule has 26 heavy (non-hydrogen) atoms. The Labute approximate surface area is 153 Å². The molecule has 0 aliphatic carbocycles. The Hall–Kier alpha value is -2.54. The van der Waals surface area contributed by atoms with Gasteiger partial charge in [-0.25, -0.2) is 4.98 Å². The van der Waals surface area contributed by atoms with E-state index in [1.165, 1.54) is 6.42 Å². The number of rotatable bonds is 4. The van der Waals surface area contributed by atoms with Crippen molar-refractivity contribution in [2.75, 3.05) is 25.0 Å². The van der Waals surface area contributed by atoms with Gasteiger partial charge in [-0.05, 0) is 45.4 Å². The zero-order valence-electron chi connectivity index (χ0n) is 15.4. The molecule has 3 aromatic heterocycles. The van der Waals surface area contributed by atoms with Crippen molar-refractivity contribution >= 4 is 11.6 Å². The smallest absolute Gasteiger partial charge is 0.254 e. The highest BCUT2D eigenvalue weighted by Gasteiger charge is 2.22. The summed E-state index contributed by atoms with van der Waals surface area (Å²) in [5, 5.41) is 4.36. The normalized spacial score (nSPS) is 18.4. The first-order valence-corrected chi connectivity index (χ1v) is 9.23. The molecular weight excluding hydrogens is 326 g/mol. The molecule has 3 aromatic rings. The molecule has 1 aliphatic heterocycles. The molecule has 1 atom stereocenters. The van der Waals surface area contributed by atoms with Crippen LogP contribution in [0.1, 0.15) is 30.7 Å². The summed E-state index contributed by atoms with van der Waals surface area (Å²) in [5.74, 6) is 1.77. The highest BCUT2D eigenvalue weighted by Crippen LogP contribution is 2.23. The van der Waals surface area contributed by atoms with Crippen LogP contribution in [0.4, 0.5) is 5.82 Å². The molecule has 1 aliphatic rings. The lowest BCUT2D eigenvalue weighted by Crippen LogP contribution is -2.33. The highest BCUT2D eigenvalue weighted by molar-refractivity contribution is 5.47. The van der Waals surface area contributed by atoms with Crippen molar-refractivity contribution in [1.82, 2.24) is 29.5 Å². The molecule has 0 radical (unpaired) electrons. The van der Waals surface area contributed by atoms with E-state index >= 15 is 0 Å². The van der Waals surface area contributed by atoms with Crippen molar-refractivity contribution in [3.63, 3.8) is 0 Å². The van der Waals surface area contributed by atoms with Gasteiger partial charge in [-0.1, -0.05) is 6.07 Å². The maximum absolute atomic E-state index is 4.46. The van der Waals surface area contributed by atoms with Crippen LogP contribution in [0.5, 0.6) is 0 Å². The quantitative estimate of drug-likeness (QED) is 0.719. The fourth-order valence-corrected chi connectivity index (χ4v) is 3.76. The molecule has 1 saturated heterocycles. The first-order chi connectivity index (χ1) is 12.7. The fourth-order valence-electron chi connectivity index (χ4n) is 3.76. The summed E-state index contributed by atoms with van der Waals surface area (Å²) in [5.41, 5.74) is 2.11. The van der Waals surface area contributed by atoms with Gasteiger partial charge in [0.25, 0.3) is 5.78 Å². The summed E-state index contributed by atoms with van der Waals surface area (Å²) in [6, 6.07) is 8.80. The lowest BCUT2D eigenvalue weighted by molar-refractivity contribution is 0.215. The molecule has 4 rings (SSSR count). The van der Waals surface area contributed by atoms with Crippen LogP contribution in [-0.4, -0.2) is 55.6 Å². The van der Waals surface area contributed by atoms with Gasteiger partial charge in [-0.2, -0.15) is 14.6 Å². The summed E-state index contributed by atoms with van der Waals surface area (Å²) in [4.78, 5) is 18.0. The third-order valence-corrected chi connectivity index (χ3v) is 5.14. The van der Waals surface area contributed by atoms with Crippen LogP contribution in [0, 0.1) is 6.92 Å². The minimum absolute atomic E-state index is 0.566. The molecule has 7 heteroatoms. The van der Waals surface area contributed by atoms with E-state index in [-0.39, 0.29) is 0 Å². The molecule has 4 heterocycles. The van der Waals surface area contributed by atoms with Gasteiger partial charge < -0.3 is 4.90 Å². The Morgan fingerprint density at radius 2 is 2.12 bits per heavy atom. The molecule has 0 spiro atoms. The highest BCUT2D eigenvalue weighted by atomic mass is 15.4. The Bertz CT molecular complexity index is 861. The number of anilines is 1. The van der Waals surface area contributed by atoms with Crippen molar-refractivity contribution in [3.8, 4) is 0 Å². The summed E-state index contributed by atoms with van der Waals surface area (Å²) >= 11 is 0. The SMILES string of the molecule is Cc1cc(N2CCCC(N(C)Cc3ccccn3)CC2)n2ncnc2n1.